The Morgan fingerprint density at radius 3 is 1.14 bits per heavy atom. The van der Waals surface area contributed by atoms with E-state index >= 15 is 0 Å². The minimum Gasteiger partial charge on any atom is -0.846 e. The highest BCUT2D eigenvalue weighted by Crippen LogP contribution is 2.38. The molecular weight excluding hydrogens is 1190 g/mol. The summed E-state index contributed by atoms with van der Waals surface area (Å²) in [5.74, 6) is 0.589. The molecule has 90 heavy (non-hydrogen) atoms. The first kappa shape index (κ1) is 73.8. The normalized spacial score (nSPS) is 17.8. The number of hydrogen-bond donors (Lipinski definition) is 6. The zero-order chi connectivity index (χ0) is 66.4. The lowest BCUT2D eigenvalue weighted by Gasteiger charge is -2.37. The number of hydrogen-bond acceptors (Lipinski definition) is 16. The molecule has 3 aliphatic heterocycles. The fraction of sp³-hybridized carbons (Fsp3) is 0.545. The molecule has 2 aliphatic carbocycles. The highest BCUT2D eigenvalue weighted by atomic mass is 32.2. The first-order valence-electron chi connectivity index (χ1n) is 31.3. The number of fused-ring (bicyclic) bond motifs is 2. The third-order valence-corrected chi connectivity index (χ3v) is 18.8. The summed E-state index contributed by atoms with van der Waals surface area (Å²) in [6, 6.07) is 20.3. The molecule has 2 saturated carbocycles. The van der Waals surface area contributed by atoms with Gasteiger partial charge in [0.15, 0.2) is 0 Å². The number of carbonyl (C=O) groups is 4. The predicted octanol–water partition coefficient (Wildman–Crippen LogP) is 3.45. The monoisotopic (exact) mass is 1290 g/mol. The van der Waals surface area contributed by atoms with Crippen molar-refractivity contribution in [2.45, 2.75) is 165 Å². The van der Waals surface area contributed by atoms with E-state index in [1.165, 1.54) is 74.5 Å². The maximum atomic E-state index is 13.2. The number of ether oxygens (including phenoxy) is 2. The smallest absolute Gasteiger partial charge is 0.262 e. The van der Waals surface area contributed by atoms with Crippen LogP contribution in [0.25, 0.3) is 0 Å². The lowest BCUT2D eigenvalue weighted by molar-refractivity contribution is -0.787. The van der Waals surface area contributed by atoms with Crippen molar-refractivity contribution in [3.05, 3.63) is 118 Å². The van der Waals surface area contributed by atoms with Gasteiger partial charge >= 0.3 is 0 Å². The number of amides is 4. The fourth-order valence-corrected chi connectivity index (χ4v) is 12.4. The molecule has 24 heteroatoms. The highest BCUT2D eigenvalue weighted by molar-refractivity contribution is 7.90. The topological polar surface area (TPSA) is 330 Å². The molecule has 0 atom stereocenters. The van der Waals surface area contributed by atoms with Gasteiger partial charge in [0.25, 0.3) is 31.9 Å². The standard InChI is InChI=1S/2C27H33N3O6S.C4H10N2.2C4H10O/c2*1-27(2)23-14-11-20(36-3)17-22(23)24(31)30(25(27)32)16-15-18-9-12-21(13-10-18)37(34,35)29-26(33)28-19-7-5-4-6-8-19;1-2-6-4-3-5-1;2*1-4(2)3-5/h2*9-14,17,19H,4-8,15-16H2,1-3H3,(H2,28,29,33);5-6H,1-4H2;2*4-5H,3H2,1-2H3. The molecule has 1 saturated heterocycles. The van der Waals surface area contributed by atoms with E-state index in [0.717, 1.165) is 75.3 Å². The Labute approximate surface area is 532 Å². The van der Waals surface area contributed by atoms with Gasteiger partial charge in [-0.3, -0.25) is 48.4 Å². The zero-order valence-corrected chi connectivity index (χ0v) is 55.7. The van der Waals surface area contributed by atoms with Gasteiger partial charge in [-0.25, -0.2) is 16.8 Å². The van der Waals surface area contributed by atoms with Gasteiger partial charge in [0.05, 0.1) is 59.0 Å². The quantitative estimate of drug-likeness (QED) is 0.0532. The van der Waals surface area contributed by atoms with Gasteiger partial charge in [0.1, 0.15) is 37.7 Å². The van der Waals surface area contributed by atoms with Crippen molar-refractivity contribution >= 4 is 55.7 Å². The number of amidine groups is 2. The maximum absolute atomic E-state index is 13.2. The Kier molecular flexibility index (Phi) is 28.2. The molecule has 0 spiro atoms. The van der Waals surface area contributed by atoms with E-state index in [-0.39, 0.29) is 58.6 Å². The Morgan fingerprint density at radius 1 is 0.556 bits per heavy atom. The summed E-state index contributed by atoms with van der Waals surface area (Å²) < 4.78 is 65.1. The van der Waals surface area contributed by atoms with Crippen LogP contribution in [0, 0.1) is 11.8 Å². The number of sulfonamides is 2. The second kappa shape index (κ2) is 34.5. The predicted molar refractivity (Wildman–Crippen MR) is 341 cm³/mol. The molecule has 3 heterocycles. The summed E-state index contributed by atoms with van der Waals surface area (Å²) >= 11 is 0. The molecule has 0 unspecified atom stereocenters. The molecule has 0 aromatic heterocycles. The van der Waals surface area contributed by atoms with Gasteiger partial charge in [-0.1, -0.05) is 103 Å². The number of quaternary nitrogens is 2. The summed E-state index contributed by atoms with van der Waals surface area (Å²) in [4.78, 5) is 63.0. The van der Waals surface area contributed by atoms with Crippen molar-refractivity contribution in [3.8, 4) is 11.5 Å². The van der Waals surface area contributed by atoms with Crippen molar-refractivity contribution in [1.29, 1.82) is 0 Å². The second-order valence-corrected chi connectivity index (χ2v) is 28.3. The highest BCUT2D eigenvalue weighted by Gasteiger charge is 2.46. The summed E-state index contributed by atoms with van der Waals surface area (Å²) in [5, 5.41) is 45.3. The second-order valence-electron chi connectivity index (χ2n) is 24.9. The number of aliphatic imine (C=N–C) groups is 2. The number of aliphatic hydroxyl groups excluding tert-OH is 2. The minimum atomic E-state index is -4.06. The van der Waals surface area contributed by atoms with Crippen LogP contribution in [0.1, 0.15) is 163 Å². The molecule has 4 amide bonds. The molecule has 5 aliphatic rings. The van der Waals surface area contributed by atoms with Crippen LogP contribution in [0.4, 0.5) is 0 Å². The number of nitrogens with one attached hydrogen (secondary N) is 2. The molecule has 496 valence electrons. The zero-order valence-electron chi connectivity index (χ0n) is 54.1. The Morgan fingerprint density at radius 2 is 0.867 bits per heavy atom. The van der Waals surface area contributed by atoms with Gasteiger partial charge in [-0.2, -0.15) is 0 Å². The first-order chi connectivity index (χ1) is 42.6. The Balaban J connectivity index is 0.000000262. The number of carbonyl (C=O) groups excluding carboxylic acids is 4. The van der Waals surface area contributed by atoms with E-state index < -0.39 is 42.9 Å². The van der Waals surface area contributed by atoms with Crippen LogP contribution >= 0.6 is 0 Å². The lowest BCUT2D eigenvalue weighted by atomic mass is 9.77. The number of nitrogens with two attached hydrogens (primary N) is 2. The Bertz CT molecular complexity index is 3080. The number of aliphatic hydroxyl groups is 2. The third kappa shape index (κ3) is 21.1. The number of methoxy groups -OCH3 is 2. The van der Waals surface area contributed by atoms with Crippen LogP contribution in [0.3, 0.4) is 0 Å². The van der Waals surface area contributed by atoms with E-state index in [1.807, 2.05) is 37.1 Å². The average molecular weight is 1290 g/mol. The summed E-state index contributed by atoms with van der Waals surface area (Å²) in [7, 11) is -5.08. The van der Waals surface area contributed by atoms with Crippen molar-refractivity contribution < 1.29 is 76.5 Å². The molecule has 4 aromatic rings. The van der Waals surface area contributed by atoms with Crippen LogP contribution < -0.4 is 39.8 Å². The van der Waals surface area contributed by atoms with Crippen molar-refractivity contribution in [3.63, 3.8) is 0 Å². The number of rotatable bonds is 16. The van der Waals surface area contributed by atoms with Gasteiger partial charge in [0.2, 0.25) is 11.8 Å². The first-order valence-corrected chi connectivity index (χ1v) is 34.2. The van der Waals surface area contributed by atoms with Crippen LogP contribution in [0.15, 0.2) is 105 Å². The van der Waals surface area contributed by atoms with Gasteiger partial charge in [-0.05, 0) is 149 Å². The van der Waals surface area contributed by atoms with Crippen molar-refractivity contribution in [1.82, 2.24) is 19.2 Å². The van der Waals surface area contributed by atoms with Crippen LogP contribution in [-0.2, 0) is 53.3 Å². The molecule has 9 rings (SSSR count). The number of imide groups is 2. The molecule has 0 radical (unpaired) electrons. The third-order valence-electron chi connectivity index (χ3n) is 16.1. The van der Waals surface area contributed by atoms with Gasteiger partial charge in [0, 0.05) is 37.4 Å². The molecule has 0 bridgehead atoms. The van der Waals surface area contributed by atoms with E-state index in [1.54, 1.807) is 88.4 Å². The average Bonchev–Trinajstić information content (AvgIpc) is 0.772. The summed E-state index contributed by atoms with van der Waals surface area (Å²) in [5.41, 5.74) is 1.90. The number of benzene rings is 4. The lowest BCUT2D eigenvalue weighted by Crippen LogP contribution is -3.04. The van der Waals surface area contributed by atoms with E-state index in [2.05, 4.69) is 20.6 Å². The Hall–Kier alpha value is -6.96. The van der Waals surface area contributed by atoms with Crippen LogP contribution in [0.5, 0.6) is 11.5 Å². The summed E-state index contributed by atoms with van der Waals surface area (Å²) in [6.45, 7) is 21.2. The van der Waals surface area contributed by atoms with Crippen LogP contribution in [0.2, 0.25) is 0 Å². The van der Waals surface area contributed by atoms with Crippen molar-refractivity contribution in [2.75, 3.05) is 66.7 Å². The fourth-order valence-electron chi connectivity index (χ4n) is 10.6. The maximum Gasteiger partial charge on any atom is 0.262 e. The van der Waals surface area contributed by atoms with E-state index in [4.69, 9.17) is 19.7 Å². The molecule has 8 N–H and O–H groups in total. The van der Waals surface area contributed by atoms with Crippen molar-refractivity contribution in [2.24, 2.45) is 21.8 Å². The SMILES string of the molecule is C1C[NH2+]CC[NH2+]1.CC(C)CO.CC(C)CO.COc1ccc2c(c1)C(=O)N(CCc1ccc(S(=O)(=O)NC([O-])=NC3CCCCC3)cc1)C(=O)C2(C)C.COc1ccc2c(c1)C(=O)N(CCc1ccc(S(=O)(=O)NC([O-])=NC3CCCCC3)cc1)C(=O)C2(C)C. The van der Waals surface area contributed by atoms with Crippen LogP contribution in [-0.4, -0.2) is 151 Å². The molecule has 22 nitrogen and oxygen atoms in total. The van der Waals surface area contributed by atoms with Gasteiger partial charge in [-0.15, -0.1) is 0 Å². The van der Waals surface area contributed by atoms with E-state index in [9.17, 15) is 46.2 Å². The largest absolute Gasteiger partial charge is 0.846 e. The van der Waals surface area contributed by atoms with Gasteiger partial charge < -0.3 is 40.5 Å². The molecule has 4 aromatic carbocycles. The molecule has 3 fully saturated rings. The minimum absolute atomic E-state index is 0.0595. The summed E-state index contributed by atoms with van der Waals surface area (Å²) in [6.07, 6.45) is 10.0. The number of nitrogens with zero attached hydrogens (tertiary/aromatic N) is 4. The number of piperazine rings is 1. The molecular formula is C66H96N8O14S2. The van der Waals surface area contributed by atoms with E-state index in [0.29, 0.717) is 71.6 Å².